The molecule has 0 spiro atoms. The van der Waals surface area contributed by atoms with Crippen LogP contribution in [0.1, 0.15) is 32.2 Å². The van der Waals surface area contributed by atoms with E-state index in [2.05, 4.69) is 23.8 Å². The summed E-state index contributed by atoms with van der Waals surface area (Å²) in [6, 6.07) is 7.71. The molecule has 1 aromatic carbocycles. The second kappa shape index (κ2) is 6.42. The molecule has 0 aliphatic heterocycles. The van der Waals surface area contributed by atoms with Crippen molar-refractivity contribution in [2.75, 3.05) is 5.75 Å². The fourth-order valence-electron chi connectivity index (χ4n) is 2.38. The van der Waals surface area contributed by atoms with Gasteiger partial charge >= 0.3 is 0 Å². The molecule has 3 aromatic rings. The highest BCUT2D eigenvalue weighted by molar-refractivity contribution is 8.00. The Hall–Kier alpha value is -1.72. The van der Waals surface area contributed by atoms with E-state index in [0.29, 0.717) is 5.75 Å². The molecule has 0 bridgehead atoms. The Kier molecular flexibility index (Phi) is 4.50. The topological polar surface area (TPSA) is 42.9 Å². The molecule has 0 aliphatic carbocycles. The lowest BCUT2D eigenvalue weighted by Gasteiger charge is -2.05. The van der Waals surface area contributed by atoms with E-state index in [9.17, 15) is 4.79 Å². The molecule has 23 heavy (non-hydrogen) atoms. The van der Waals surface area contributed by atoms with E-state index in [-0.39, 0.29) is 5.78 Å². The third-order valence-electron chi connectivity index (χ3n) is 3.82. The monoisotopic (exact) mass is 342 g/mol. The van der Waals surface area contributed by atoms with E-state index in [1.165, 1.54) is 22.2 Å². The Bertz CT molecular complexity index is 882. The van der Waals surface area contributed by atoms with Crippen molar-refractivity contribution in [1.29, 1.82) is 0 Å². The summed E-state index contributed by atoms with van der Waals surface area (Å²) in [4.78, 5) is 23.7. The number of ketones is 1. The summed E-state index contributed by atoms with van der Waals surface area (Å²) in [5.74, 6) is 1.27. The number of thiophene rings is 1. The molecule has 0 aliphatic rings. The predicted octanol–water partition coefficient (Wildman–Crippen LogP) is 4.90. The van der Waals surface area contributed by atoms with Gasteiger partial charge in [-0.1, -0.05) is 41.6 Å². The Balaban J connectivity index is 1.87. The third kappa shape index (κ3) is 3.31. The van der Waals surface area contributed by atoms with Crippen molar-refractivity contribution in [2.24, 2.45) is 0 Å². The van der Waals surface area contributed by atoms with Gasteiger partial charge in [0.15, 0.2) is 5.78 Å². The molecular weight excluding hydrogens is 324 g/mol. The number of fused-ring (bicyclic) bond motifs is 1. The maximum atomic E-state index is 12.4. The van der Waals surface area contributed by atoms with Crippen molar-refractivity contribution in [3.63, 3.8) is 0 Å². The number of carbonyl (C=O) groups excluding carboxylic acids is 1. The van der Waals surface area contributed by atoms with Gasteiger partial charge in [0.2, 0.25) is 0 Å². The number of hydrogen-bond donors (Lipinski definition) is 0. The molecule has 0 atom stereocenters. The van der Waals surface area contributed by atoms with Crippen LogP contribution >= 0.6 is 23.1 Å². The number of aryl methyl sites for hydroxylation is 4. The van der Waals surface area contributed by atoms with Gasteiger partial charge < -0.3 is 0 Å². The second-order valence-corrected chi connectivity index (χ2v) is 7.78. The van der Waals surface area contributed by atoms with Gasteiger partial charge in [-0.15, -0.1) is 11.3 Å². The fourth-order valence-corrected chi connectivity index (χ4v) is 4.54. The van der Waals surface area contributed by atoms with Crippen LogP contribution in [0.4, 0.5) is 0 Å². The first kappa shape index (κ1) is 16.1. The summed E-state index contributed by atoms with van der Waals surface area (Å²) in [6.07, 6.45) is 0. The lowest BCUT2D eigenvalue weighted by molar-refractivity contribution is 0.102. The number of thioether (sulfide) groups is 1. The van der Waals surface area contributed by atoms with E-state index >= 15 is 0 Å². The highest BCUT2D eigenvalue weighted by Crippen LogP contribution is 2.35. The minimum Gasteiger partial charge on any atom is -0.293 e. The number of carbonyl (C=O) groups is 1. The average Bonchev–Trinajstić information content (AvgIpc) is 2.79. The second-order valence-electron chi connectivity index (χ2n) is 5.62. The molecule has 3 nitrogen and oxygen atoms in total. The summed E-state index contributed by atoms with van der Waals surface area (Å²) in [5, 5.41) is 2.01. The van der Waals surface area contributed by atoms with E-state index in [0.717, 1.165) is 32.2 Å². The van der Waals surface area contributed by atoms with E-state index in [1.54, 1.807) is 11.3 Å². The van der Waals surface area contributed by atoms with Crippen molar-refractivity contribution < 1.29 is 4.79 Å². The number of benzene rings is 1. The van der Waals surface area contributed by atoms with Gasteiger partial charge in [0.25, 0.3) is 0 Å². The van der Waals surface area contributed by atoms with Crippen molar-refractivity contribution in [2.45, 2.75) is 32.7 Å². The standard InChI is InChI=1S/C18H18N2OS2/c1-10-5-7-14(8-6-10)15(21)9-22-17-16-11(2)12(3)23-18(16)20-13(4)19-17/h5-8H,9H2,1-4H3. The molecule has 5 heteroatoms. The van der Waals surface area contributed by atoms with Crippen LogP contribution in [0.2, 0.25) is 0 Å². The van der Waals surface area contributed by atoms with Gasteiger partial charge in [0, 0.05) is 15.8 Å². The molecule has 118 valence electrons. The summed E-state index contributed by atoms with van der Waals surface area (Å²) in [6.45, 7) is 8.11. The minimum atomic E-state index is 0.129. The molecule has 2 heterocycles. The Labute approximate surface area is 144 Å². The molecule has 0 unspecified atom stereocenters. The lowest BCUT2D eigenvalue weighted by atomic mass is 10.1. The van der Waals surface area contributed by atoms with Crippen LogP contribution in [0.5, 0.6) is 0 Å². The van der Waals surface area contributed by atoms with Crippen LogP contribution in [-0.4, -0.2) is 21.5 Å². The van der Waals surface area contributed by atoms with Crippen LogP contribution in [0.15, 0.2) is 29.3 Å². The Morgan fingerprint density at radius 1 is 1.09 bits per heavy atom. The number of hydrogen-bond acceptors (Lipinski definition) is 5. The minimum absolute atomic E-state index is 0.129. The van der Waals surface area contributed by atoms with Crippen molar-refractivity contribution >= 4 is 39.1 Å². The lowest BCUT2D eigenvalue weighted by Crippen LogP contribution is -2.03. The Morgan fingerprint density at radius 2 is 1.78 bits per heavy atom. The van der Waals surface area contributed by atoms with E-state index in [4.69, 9.17) is 0 Å². The molecule has 0 saturated heterocycles. The molecule has 0 amide bonds. The van der Waals surface area contributed by atoms with Gasteiger partial charge in [-0.3, -0.25) is 4.79 Å². The zero-order valence-electron chi connectivity index (χ0n) is 13.6. The van der Waals surface area contributed by atoms with Gasteiger partial charge in [0.1, 0.15) is 15.7 Å². The molecule has 3 rings (SSSR count). The first-order valence-electron chi connectivity index (χ1n) is 7.42. The maximum absolute atomic E-state index is 12.4. The normalized spacial score (nSPS) is 11.1. The Morgan fingerprint density at radius 3 is 2.48 bits per heavy atom. The molecule has 2 aromatic heterocycles. The quantitative estimate of drug-likeness (QED) is 0.384. The van der Waals surface area contributed by atoms with Crippen molar-refractivity contribution in [1.82, 2.24) is 9.97 Å². The van der Waals surface area contributed by atoms with Gasteiger partial charge in [-0.25, -0.2) is 9.97 Å². The zero-order valence-corrected chi connectivity index (χ0v) is 15.3. The van der Waals surface area contributed by atoms with Crippen LogP contribution in [-0.2, 0) is 0 Å². The van der Waals surface area contributed by atoms with Crippen LogP contribution < -0.4 is 0 Å². The van der Waals surface area contributed by atoms with Crippen molar-refractivity contribution in [3.8, 4) is 0 Å². The molecule has 0 radical (unpaired) electrons. The van der Waals surface area contributed by atoms with Crippen LogP contribution in [0, 0.1) is 27.7 Å². The summed E-state index contributed by atoms with van der Waals surface area (Å²) in [7, 11) is 0. The highest BCUT2D eigenvalue weighted by atomic mass is 32.2. The van der Waals surface area contributed by atoms with Crippen LogP contribution in [0.25, 0.3) is 10.2 Å². The van der Waals surface area contributed by atoms with E-state index < -0.39 is 0 Å². The van der Waals surface area contributed by atoms with Gasteiger partial charge in [-0.05, 0) is 33.3 Å². The SMILES string of the molecule is Cc1ccc(C(=O)CSc2nc(C)nc3sc(C)c(C)c23)cc1. The average molecular weight is 342 g/mol. The van der Waals surface area contributed by atoms with Gasteiger partial charge in [-0.2, -0.15) is 0 Å². The number of aromatic nitrogens is 2. The predicted molar refractivity (Wildman–Crippen MR) is 97.9 cm³/mol. The maximum Gasteiger partial charge on any atom is 0.173 e. The first-order valence-corrected chi connectivity index (χ1v) is 9.23. The number of Topliss-reactive ketones (excluding diaryl/α,β-unsaturated/α-hetero) is 1. The third-order valence-corrected chi connectivity index (χ3v) is 5.90. The first-order chi connectivity index (χ1) is 11.0. The smallest absolute Gasteiger partial charge is 0.173 e. The van der Waals surface area contributed by atoms with Crippen LogP contribution in [0.3, 0.4) is 0 Å². The van der Waals surface area contributed by atoms with E-state index in [1.807, 2.05) is 38.1 Å². The van der Waals surface area contributed by atoms with Crippen molar-refractivity contribution in [3.05, 3.63) is 51.7 Å². The number of rotatable bonds is 4. The largest absolute Gasteiger partial charge is 0.293 e. The molecular formula is C18H18N2OS2. The zero-order chi connectivity index (χ0) is 16.6. The highest BCUT2D eigenvalue weighted by Gasteiger charge is 2.15. The molecule has 0 fully saturated rings. The summed E-state index contributed by atoms with van der Waals surface area (Å²) in [5.41, 5.74) is 3.13. The summed E-state index contributed by atoms with van der Waals surface area (Å²) < 4.78 is 0. The fraction of sp³-hybridized carbons (Fsp3) is 0.278. The van der Waals surface area contributed by atoms with Gasteiger partial charge in [0.05, 0.1) is 5.75 Å². The summed E-state index contributed by atoms with van der Waals surface area (Å²) >= 11 is 3.19. The number of nitrogens with zero attached hydrogens (tertiary/aromatic N) is 2. The molecule has 0 N–H and O–H groups in total. The molecule has 0 saturated carbocycles.